The third kappa shape index (κ3) is 3.65. The third-order valence-corrected chi connectivity index (χ3v) is 4.79. The minimum absolute atomic E-state index is 0.0388. The van der Waals surface area contributed by atoms with Crippen LogP contribution in [0.1, 0.15) is 16.7 Å². The van der Waals surface area contributed by atoms with Crippen molar-refractivity contribution in [3.05, 3.63) is 89.5 Å². The van der Waals surface area contributed by atoms with E-state index in [1.54, 1.807) is 54.6 Å². The van der Waals surface area contributed by atoms with Crippen LogP contribution in [-0.2, 0) is 21.7 Å². The second kappa shape index (κ2) is 8.18. The van der Waals surface area contributed by atoms with Crippen LogP contribution in [0.2, 0.25) is 0 Å². The lowest BCUT2D eigenvalue weighted by Gasteiger charge is -2.27. The fraction of sp³-hybridized carbons (Fsp3) is 0.167. The Morgan fingerprint density at radius 2 is 1.77 bits per heavy atom. The predicted molar refractivity (Wildman–Crippen MR) is 108 cm³/mol. The topological polar surface area (TPSA) is 77.8 Å². The van der Waals surface area contributed by atoms with E-state index in [2.05, 4.69) is 6.07 Å². The minimum atomic E-state index is -1.94. The highest BCUT2D eigenvalue weighted by Gasteiger charge is 2.46. The van der Waals surface area contributed by atoms with Gasteiger partial charge in [-0.25, -0.2) is 4.79 Å². The molecule has 0 saturated carbocycles. The molecule has 0 saturated heterocycles. The molecule has 1 heterocycles. The lowest BCUT2D eigenvalue weighted by atomic mass is 9.91. The molecule has 1 aliphatic rings. The van der Waals surface area contributed by atoms with Gasteiger partial charge < -0.3 is 18.9 Å². The SMILES string of the molecule is Cc1ccccc1C(C#N)(Oc1ccccc1)C(=O)OCc1ccc2c(c1)OCO2. The molecule has 30 heavy (non-hydrogen) atoms. The first-order valence-corrected chi connectivity index (χ1v) is 9.39. The largest absolute Gasteiger partial charge is 0.457 e. The molecule has 6 heteroatoms. The molecule has 0 aliphatic carbocycles. The van der Waals surface area contributed by atoms with E-state index in [0.29, 0.717) is 28.4 Å². The Morgan fingerprint density at radius 3 is 2.53 bits per heavy atom. The van der Waals surface area contributed by atoms with Crippen molar-refractivity contribution in [1.29, 1.82) is 5.26 Å². The summed E-state index contributed by atoms with van der Waals surface area (Å²) in [7, 11) is 0. The van der Waals surface area contributed by atoms with Gasteiger partial charge >= 0.3 is 11.6 Å². The predicted octanol–water partition coefficient (Wildman–Crippen LogP) is 4.27. The molecule has 0 bridgehead atoms. The lowest BCUT2D eigenvalue weighted by molar-refractivity contribution is -0.159. The highest BCUT2D eigenvalue weighted by molar-refractivity contribution is 5.86. The van der Waals surface area contributed by atoms with Crippen molar-refractivity contribution < 1.29 is 23.7 Å². The number of rotatable bonds is 6. The monoisotopic (exact) mass is 401 g/mol. The summed E-state index contributed by atoms with van der Waals surface area (Å²) in [6, 6.07) is 23.2. The van der Waals surface area contributed by atoms with Crippen LogP contribution in [0, 0.1) is 18.3 Å². The van der Waals surface area contributed by atoms with Crippen LogP contribution in [0.4, 0.5) is 0 Å². The molecular formula is C24H19NO5. The molecule has 1 unspecified atom stereocenters. The number of nitrogens with zero attached hydrogens (tertiary/aromatic N) is 1. The summed E-state index contributed by atoms with van der Waals surface area (Å²) in [6.07, 6.45) is 0. The van der Waals surface area contributed by atoms with E-state index in [1.165, 1.54) is 0 Å². The Balaban J connectivity index is 1.64. The molecular weight excluding hydrogens is 382 g/mol. The second-order valence-electron chi connectivity index (χ2n) is 6.79. The Morgan fingerprint density at radius 1 is 1.03 bits per heavy atom. The molecule has 0 spiro atoms. The number of aryl methyl sites for hydroxylation is 1. The van der Waals surface area contributed by atoms with Gasteiger partial charge in [-0.1, -0.05) is 48.5 Å². The van der Waals surface area contributed by atoms with Crippen LogP contribution in [-0.4, -0.2) is 12.8 Å². The van der Waals surface area contributed by atoms with Crippen molar-refractivity contribution in [3.63, 3.8) is 0 Å². The molecule has 3 aromatic rings. The fourth-order valence-corrected chi connectivity index (χ4v) is 3.25. The zero-order valence-electron chi connectivity index (χ0n) is 16.3. The van der Waals surface area contributed by atoms with E-state index >= 15 is 0 Å². The summed E-state index contributed by atoms with van der Waals surface area (Å²) in [4.78, 5) is 13.2. The van der Waals surface area contributed by atoms with Gasteiger partial charge in [0, 0.05) is 5.56 Å². The number of benzene rings is 3. The maximum absolute atomic E-state index is 13.2. The van der Waals surface area contributed by atoms with E-state index in [1.807, 2.05) is 25.1 Å². The standard InChI is InChI=1S/C24H19NO5/c1-17-7-5-6-10-20(17)24(15-25,30-19-8-3-2-4-9-19)23(26)27-14-18-11-12-21-22(13-18)29-16-28-21/h2-13H,14,16H2,1H3. The first-order chi connectivity index (χ1) is 14.6. The van der Waals surface area contributed by atoms with Crippen molar-refractivity contribution in [2.45, 2.75) is 19.1 Å². The lowest BCUT2D eigenvalue weighted by Crippen LogP contribution is -2.42. The average molecular weight is 401 g/mol. The highest BCUT2D eigenvalue weighted by Crippen LogP contribution is 2.34. The van der Waals surface area contributed by atoms with Crippen molar-refractivity contribution in [2.24, 2.45) is 0 Å². The molecule has 0 amide bonds. The highest BCUT2D eigenvalue weighted by atomic mass is 16.7. The smallest absolute Gasteiger partial charge is 0.371 e. The van der Waals surface area contributed by atoms with Crippen LogP contribution in [0.25, 0.3) is 0 Å². The summed E-state index contributed by atoms with van der Waals surface area (Å²) in [5, 5.41) is 10.1. The summed E-state index contributed by atoms with van der Waals surface area (Å²) in [5.41, 5.74) is -0.0470. The van der Waals surface area contributed by atoms with E-state index in [-0.39, 0.29) is 13.4 Å². The first kappa shape index (κ1) is 19.3. The molecule has 150 valence electrons. The second-order valence-corrected chi connectivity index (χ2v) is 6.79. The number of fused-ring (bicyclic) bond motifs is 1. The van der Waals surface area contributed by atoms with Crippen LogP contribution in [0.3, 0.4) is 0 Å². The molecule has 0 N–H and O–H groups in total. The van der Waals surface area contributed by atoms with Gasteiger partial charge in [-0.3, -0.25) is 0 Å². The van der Waals surface area contributed by atoms with Gasteiger partial charge in [-0.05, 0) is 42.3 Å². The number of nitriles is 1. The zero-order valence-corrected chi connectivity index (χ0v) is 16.3. The molecule has 4 rings (SSSR count). The van der Waals surface area contributed by atoms with E-state index < -0.39 is 11.6 Å². The van der Waals surface area contributed by atoms with Gasteiger partial charge in [0.15, 0.2) is 11.5 Å². The number of carbonyl (C=O) groups excluding carboxylic acids is 1. The normalized spacial score (nSPS) is 13.7. The zero-order chi connectivity index (χ0) is 21.0. The van der Waals surface area contributed by atoms with E-state index in [0.717, 1.165) is 5.56 Å². The summed E-state index contributed by atoms with van der Waals surface area (Å²) in [6.45, 7) is 1.94. The number of esters is 1. The van der Waals surface area contributed by atoms with Gasteiger partial charge in [0.25, 0.3) is 0 Å². The van der Waals surface area contributed by atoms with Crippen LogP contribution >= 0.6 is 0 Å². The Bertz CT molecular complexity index is 1110. The van der Waals surface area contributed by atoms with Gasteiger partial charge in [0.1, 0.15) is 18.4 Å². The van der Waals surface area contributed by atoms with E-state index in [9.17, 15) is 10.1 Å². The summed E-state index contributed by atoms with van der Waals surface area (Å²) < 4.78 is 22.2. The number of para-hydroxylation sites is 1. The average Bonchev–Trinajstić information content (AvgIpc) is 3.25. The quantitative estimate of drug-likeness (QED) is 0.574. The maximum Gasteiger partial charge on any atom is 0.371 e. The van der Waals surface area contributed by atoms with Crippen LogP contribution in [0.15, 0.2) is 72.8 Å². The molecule has 6 nitrogen and oxygen atoms in total. The minimum Gasteiger partial charge on any atom is -0.457 e. The number of carbonyl (C=O) groups is 1. The van der Waals surface area contributed by atoms with Gasteiger partial charge in [0.2, 0.25) is 6.79 Å². The third-order valence-electron chi connectivity index (χ3n) is 4.79. The van der Waals surface area contributed by atoms with Crippen LogP contribution < -0.4 is 14.2 Å². The summed E-state index contributed by atoms with van der Waals surface area (Å²) >= 11 is 0. The Hall–Kier alpha value is -3.98. The molecule has 0 radical (unpaired) electrons. The maximum atomic E-state index is 13.2. The van der Waals surface area contributed by atoms with Crippen molar-refractivity contribution in [1.82, 2.24) is 0 Å². The van der Waals surface area contributed by atoms with Gasteiger partial charge in [-0.2, -0.15) is 5.26 Å². The number of hydrogen-bond donors (Lipinski definition) is 0. The molecule has 3 aromatic carbocycles. The fourth-order valence-electron chi connectivity index (χ4n) is 3.25. The van der Waals surface area contributed by atoms with Crippen molar-refractivity contribution >= 4 is 5.97 Å². The van der Waals surface area contributed by atoms with Crippen molar-refractivity contribution in [3.8, 4) is 23.3 Å². The van der Waals surface area contributed by atoms with Crippen LogP contribution in [0.5, 0.6) is 17.2 Å². The van der Waals surface area contributed by atoms with Gasteiger partial charge in [-0.15, -0.1) is 0 Å². The Kier molecular flexibility index (Phi) is 5.27. The number of ether oxygens (including phenoxy) is 4. The molecule has 0 fully saturated rings. The summed E-state index contributed by atoms with van der Waals surface area (Å²) in [5.74, 6) is 0.835. The molecule has 1 atom stereocenters. The number of hydrogen-bond acceptors (Lipinski definition) is 6. The molecule has 0 aromatic heterocycles. The Labute approximate surface area is 174 Å². The van der Waals surface area contributed by atoms with Gasteiger partial charge in [0.05, 0.1) is 0 Å². The first-order valence-electron chi connectivity index (χ1n) is 9.39. The van der Waals surface area contributed by atoms with E-state index in [4.69, 9.17) is 18.9 Å². The molecule has 1 aliphatic heterocycles. The van der Waals surface area contributed by atoms with Crippen molar-refractivity contribution in [2.75, 3.05) is 6.79 Å².